The molecule has 0 radical (unpaired) electrons. The third-order valence-corrected chi connectivity index (χ3v) is 3.02. The minimum Gasteiger partial charge on any atom is -0.386 e. The normalized spacial score (nSPS) is 10.6. The van der Waals surface area contributed by atoms with E-state index in [1.54, 1.807) is 6.21 Å². The summed E-state index contributed by atoms with van der Waals surface area (Å²) in [6.45, 7) is 3.80. The first-order valence-corrected chi connectivity index (χ1v) is 6.73. The van der Waals surface area contributed by atoms with E-state index in [0.717, 1.165) is 22.4 Å². The largest absolute Gasteiger partial charge is 0.386 e. The fourth-order valence-corrected chi connectivity index (χ4v) is 1.92. The van der Waals surface area contributed by atoms with E-state index in [0.29, 0.717) is 0 Å². The average Bonchev–Trinajstić information content (AvgIpc) is 2.49. The van der Waals surface area contributed by atoms with Crippen LogP contribution in [0.1, 0.15) is 16.7 Å². The van der Waals surface area contributed by atoms with E-state index in [9.17, 15) is 4.79 Å². The van der Waals surface area contributed by atoms with Crippen molar-refractivity contribution in [3.8, 4) is 0 Å². The number of nitrogens with one attached hydrogen (secondary N) is 1. The number of carbonyl (C=O) groups is 1. The summed E-state index contributed by atoms with van der Waals surface area (Å²) in [5.41, 5.74) is 3.80. The third-order valence-electron chi connectivity index (χ3n) is 3.02. The summed E-state index contributed by atoms with van der Waals surface area (Å²) in [5, 5.41) is 6.62. The topological polar surface area (TPSA) is 50.7 Å². The first kappa shape index (κ1) is 14.8. The lowest BCUT2D eigenvalue weighted by Gasteiger charge is -2.10. The van der Waals surface area contributed by atoms with Crippen LogP contribution in [0.5, 0.6) is 0 Å². The number of amides is 1. The van der Waals surface area contributed by atoms with Crippen molar-refractivity contribution in [1.29, 1.82) is 0 Å². The zero-order chi connectivity index (χ0) is 15.1. The highest BCUT2D eigenvalue weighted by molar-refractivity contribution is 5.93. The maximum Gasteiger partial charge on any atom is 0.265 e. The predicted octanol–water partition coefficient (Wildman–Crippen LogP) is 3.29. The molecule has 2 rings (SSSR count). The van der Waals surface area contributed by atoms with Gasteiger partial charge in [0.05, 0.1) is 6.21 Å². The van der Waals surface area contributed by atoms with Crippen LogP contribution in [0.2, 0.25) is 0 Å². The summed E-state index contributed by atoms with van der Waals surface area (Å²) < 4.78 is 0. The van der Waals surface area contributed by atoms with E-state index in [1.807, 2.05) is 62.4 Å². The molecule has 2 aromatic rings. The maximum atomic E-state index is 11.8. The van der Waals surface area contributed by atoms with E-state index in [2.05, 4.69) is 10.5 Å². The molecule has 0 saturated heterocycles. The number of para-hydroxylation sites is 1. The van der Waals surface area contributed by atoms with Gasteiger partial charge in [0.1, 0.15) is 0 Å². The first-order valence-electron chi connectivity index (χ1n) is 6.73. The van der Waals surface area contributed by atoms with E-state index >= 15 is 0 Å². The van der Waals surface area contributed by atoms with E-state index in [-0.39, 0.29) is 12.5 Å². The molecule has 0 aliphatic heterocycles. The summed E-state index contributed by atoms with van der Waals surface area (Å²) in [6, 6.07) is 15.4. The number of carbonyl (C=O) groups excluding carboxylic acids is 1. The molecule has 0 spiro atoms. The summed E-state index contributed by atoms with van der Waals surface area (Å²) in [5.74, 6) is -0.224. The second kappa shape index (κ2) is 7.24. The molecule has 0 aromatic heterocycles. The van der Waals surface area contributed by atoms with Crippen molar-refractivity contribution < 1.29 is 9.63 Å². The zero-order valence-corrected chi connectivity index (χ0v) is 12.2. The van der Waals surface area contributed by atoms with Crippen molar-refractivity contribution in [1.82, 2.24) is 0 Å². The molecule has 0 heterocycles. The molecule has 0 bridgehead atoms. The lowest BCUT2D eigenvalue weighted by molar-refractivity contribution is -0.120. The van der Waals surface area contributed by atoms with Crippen molar-refractivity contribution in [2.24, 2.45) is 5.16 Å². The van der Waals surface area contributed by atoms with E-state index in [1.165, 1.54) is 0 Å². The fourth-order valence-electron chi connectivity index (χ4n) is 1.92. The quantitative estimate of drug-likeness (QED) is 0.675. The minimum atomic E-state index is -0.224. The van der Waals surface area contributed by atoms with Gasteiger partial charge in [-0.05, 0) is 30.5 Å². The number of benzene rings is 2. The second-order valence-corrected chi connectivity index (χ2v) is 4.73. The molecule has 4 heteroatoms. The molecule has 0 fully saturated rings. The van der Waals surface area contributed by atoms with Crippen LogP contribution in [0.4, 0.5) is 5.69 Å². The van der Waals surface area contributed by atoms with Crippen molar-refractivity contribution in [3.63, 3.8) is 0 Å². The minimum absolute atomic E-state index is 0.114. The summed E-state index contributed by atoms with van der Waals surface area (Å²) in [6.07, 6.45) is 1.58. The van der Waals surface area contributed by atoms with Gasteiger partial charge in [0.25, 0.3) is 5.91 Å². The van der Waals surface area contributed by atoms with Gasteiger partial charge in [-0.3, -0.25) is 4.79 Å². The van der Waals surface area contributed by atoms with Crippen LogP contribution in [-0.2, 0) is 9.63 Å². The molecule has 1 N–H and O–H groups in total. The molecule has 21 heavy (non-hydrogen) atoms. The van der Waals surface area contributed by atoms with Crippen molar-refractivity contribution in [3.05, 3.63) is 65.2 Å². The molecule has 1 amide bonds. The number of oxime groups is 1. The first-order chi connectivity index (χ1) is 10.2. The molecule has 108 valence electrons. The van der Waals surface area contributed by atoms with E-state index in [4.69, 9.17) is 4.84 Å². The molecule has 4 nitrogen and oxygen atoms in total. The molecule has 0 saturated carbocycles. The standard InChI is InChI=1S/C17H18N2O2/c1-13-7-6-8-14(2)17(13)19-16(20)12-21-18-11-15-9-4-3-5-10-15/h3-11H,12H2,1-2H3,(H,19,20)/b18-11+. The van der Waals surface area contributed by atoms with Crippen LogP contribution in [0.25, 0.3) is 0 Å². The van der Waals surface area contributed by atoms with Gasteiger partial charge in [-0.1, -0.05) is 53.7 Å². The highest BCUT2D eigenvalue weighted by Crippen LogP contribution is 2.19. The number of nitrogens with zero attached hydrogens (tertiary/aromatic N) is 1. The summed E-state index contributed by atoms with van der Waals surface area (Å²) >= 11 is 0. The van der Waals surface area contributed by atoms with Gasteiger partial charge >= 0.3 is 0 Å². The molecule has 0 aliphatic rings. The predicted molar refractivity (Wildman–Crippen MR) is 84.5 cm³/mol. The van der Waals surface area contributed by atoms with Crippen molar-refractivity contribution in [2.45, 2.75) is 13.8 Å². The fraction of sp³-hybridized carbons (Fsp3) is 0.176. The lowest BCUT2D eigenvalue weighted by atomic mass is 10.1. The van der Waals surface area contributed by atoms with Gasteiger partial charge in [-0.2, -0.15) is 0 Å². The molecular formula is C17H18N2O2. The second-order valence-electron chi connectivity index (χ2n) is 4.73. The molecule has 0 aliphatic carbocycles. The van der Waals surface area contributed by atoms with Crippen LogP contribution in [0, 0.1) is 13.8 Å². The van der Waals surface area contributed by atoms with Gasteiger partial charge < -0.3 is 10.2 Å². The highest BCUT2D eigenvalue weighted by Gasteiger charge is 2.07. The monoisotopic (exact) mass is 282 g/mol. The Bertz CT molecular complexity index is 616. The van der Waals surface area contributed by atoms with Crippen LogP contribution in [0.15, 0.2) is 53.7 Å². The number of anilines is 1. The summed E-state index contributed by atoms with van der Waals surface area (Å²) in [4.78, 5) is 16.8. The Morgan fingerprint density at radius 3 is 2.43 bits per heavy atom. The molecular weight excluding hydrogens is 264 g/mol. The Labute approximate surface area is 124 Å². The summed E-state index contributed by atoms with van der Waals surface area (Å²) in [7, 11) is 0. The third kappa shape index (κ3) is 4.45. The van der Waals surface area contributed by atoms with Gasteiger partial charge in [-0.25, -0.2) is 0 Å². The van der Waals surface area contributed by atoms with Crippen LogP contribution in [-0.4, -0.2) is 18.7 Å². The van der Waals surface area contributed by atoms with E-state index < -0.39 is 0 Å². The lowest BCUT2D eigenvalue weighted by Crippen LogP contribution is -2.18. The Balaban J connectivity index is 1.84. The van der Waals surface area contributed by atoms with Gasteiger partial charge in [0.15, 0.2) is 6.61 Å². The van der Waals surface area contributed by atoms with Gasteiger partial charge in [-0.15, -0.1) is 0 Å². The highest BCUT2D eigenvalue weighted by atomic mass is 16.6. The Kier molecular flexibility index (Phi) is 5.10. The smallest absolute Gasteiger partial charge is 0.265 e. The average molecular weight is 282 g/mol. The molecule has 0 unspecified atom stereocenters. The number of hydrogen-bond donors (Lipinski definition) is 1. The Hall–Kier alpha value is -2.62. The van der Waals surface area contributed by atoms with Crippen LogP contribution < -0.4 is 5.32 Å². The number of aryl methyl sites for hydroxylation is 2. The van der Waals surface area contributed by atoms with Crippen LogP contribution in [0.3, 0.4) is 0 Å². The molecule has 2 aromatic carbocycles. The van der Waals surface area contributed by atoms with Gasteiger partial charge in [0.2, 0.25) is 0 Å². The maximum absolute atomic E-state index is 11.8. The molecule has 0 atom stereocenters. The number of hydrogen-bond acceptors (Lipinski definition) is 3. The SMILES string of the molecule is Cc1cccc(C)c1NC(=O)CO/N=C/c1ccccc1. The van der Waals surface area contributed by atoms with Crippen molar-refractivity contribution in [2.75, 3.05) is 11.9 Å². The van der Waals surface area contributed by atoms with Crippen LogP contribution >= 0.6 is 0 Å². The Morgan fingerprint density at radius 2 is 1.76 bits per heavy atom. The van der Waals surface area contributed by atoms with Crippen molar-refractivity contribution >= 4 is 17.8 Å². The van der Waals surface area contributed by atoms with Gasteiger partial charge in [0, 0.05) is 5.69 Å². The Morgan fingerprint density at radius 1 is 1.10 bits per heavy atom. The number of rotatable bonds is 5. The zero-order valence-electron chi connectivity index (χ0n) is 12.2.